The summed E-state index contributed by atoms with van der Waals surface area (Å²) in [6.07, 6.45) is 3.22. The Morgan fingerprint density at radius 1 is 1.44 bits per heavy atom. The lowest BCUT2D eigenvalue weighted by Gasteiger charge is -2.11. The molecule has 2 aromatic rings. The summed E-state index contributed by atoms with van der Waals surface area (Å²) in [7, 11) is 0. The zero-order valence-electron chi connectivity index (χ0n) is 9.18. The van der Waals surface area contributed by atoms with Crippen LogP contribution in [-0.4, -0.2) is 14.7 Å². The van der Waals surface area contributed by atoms with E-state index in [9.17, 15) is 5.11 Å². The molecule has 16 heavy (non-hydrogen) atoms. The van der Waals surface area contributed by atoms with Crippen molar-refractivity contribution in [2.75, 3.05) is 0 Å². The first-order chi connectivity index (χ1) is 7.59. The van der Waals surface area contributed by atoms with Crippen LogP contribution in [0.1, 0.15) is 24.4 Å². The van der Waals surface area contributed by atoms with E-state index in [0.29, 0.717) is 0 Å². The minimum absolute atomic E-state index is 0.465. The molecule has 0 spiro atoms. The van der Waals surface area contributed by atoms with Gasteiger partial charge in [-0.3, -0.25) is 0 Å². The van der Waals surface area contributed by atoms with E-state index < -0.39 is 6.10 Å². The average molecular weight is 281 g/mol. The molecule has 0 saturated carbocycles. The van der Waals surface area contributed by atoms with Crippen molar-refractivity contribution in [1.29, 1.82) is 0 Å². The Hall–Kier alpha value is -1.13. The Morgan fingerprint density at radius 2 is 2.19 bits per heavy atom. The lowest BCUT2D eigenvalue weighted by molar-refractivity contribution is 0.198. The van der Waals surface area contributed by atoms with Gasteiger partial charge in [0, 0.05) is 22.6 Å². The van der Waals surface area contributed by atoms with Gasteiger partial charge in [0.15, 0.2) is 0 Å². The predicted molar refractivity (Wildman–Crippen MR) is 66.6 cm³/mol. The number of rotatable bonds is 2. The third kappa shape index (κ3) is 2.03. The lowest BCUT2D eigenvalue weighted by Crippen LogP contribution is -1.98. The highest BCUT2D eigenvalue weighted by Gasteiger charge is 2.08. The van der Waals surface area contributed by atoms with Crippen molar-refractivity contribution in [3.63, 3.8) is 0 Å². The van der Waals surface area contributed by atoms with E-state index in [4.69, 9.17) is 0 Å². The second-order valence-electron chi connectivity index (χ2n) is 3.73. The summed E-state index contributed by atoms with van der Waals surface area (Å²) >= 11 is 3.46. The van der Waals surface area contributed by atoms with Gasteiger partial charge in [0.05, 0.1) is 6.10 Å². The van der Waals surface area contributed by atoms with Gasteiger partial charge in [-0.1, -0.05) is 22.0 Å². The van der Waals surface area contributed by atoms with E-state index in [-0.39, 0.29) is 0 Å². The Morgan fingerprint density at radius 3 is 2.69 bits per heavy atom. The van der Waals surface area contributed by atoms with Gasteiger partial charge in [-0.05, 0) is 31.5 Å². The van der Waals surface area contributed by atoms with E-state index in [0.717, 1.165) is 21.5 Å². The fraction of sp³-hybridized carbons (Fsp3) is 0.250. The SMILES string of the molecule is Cc1nccn1-c1ccc([C@H](C)O)c(Br)c1. The van der Waals surface area contributed by atoms with E-state index in [1.807, 2.05) is 35.9 Å². The first kappa shape index (κ1) is 11.4. The standard InChI is InChI=1S/C12H13BrN2O/c1-8(16)11-4-3-10(7-12(11)13)15-6-5-14-9(15)2/h3-8,16H,1-2H3/t8-/m0/s1. The zero-order valence-corrected chi connectivity index (χ0v) is 10.8. The van der Waals surface area contributed by atoms with Gasteiger partial charge < -0.3 is 9.67 Å². The smallest absolute Gasteiger partial charge is 0.110 e. The van der Waals surface area contributed by atoms with E-state index in [2.05, 4.69) is 20.9 Å². The molecular formula is C12H13BrN2O. The highest BCUT2D eigenvalue weighted by Crippen LogP contribution is 2.26. The van der Waals surface area contributed by atoms with E-state index >= 15 is 0 Å². The third-order valence-corrected chi connectivity index (χ3v) is 3.22. The molecule has 4 heteroatoms. The normalized spacial score (nSPS) is 12.8. The van der Waals surface area contributed by atoms with Crippen molar-refractivity contribution >= 4 is 15.9 Å². The molecule has 0 radical (unpaired) electrons. The second-order valence-corrected chi connectivity index (χ2v) is 4.58. The summed E-state index contributed by atoms with van der Waals surface area (Å²) < 4.78 is 2.91. The molecule has 2 rings (SSSR count). The summed E-state index contributed by atoms with van der Waals surface area (Å²) in [4.78, 5) is 4.18. The van der Waals surface area contributed by atoms with Gasteiger partial charge in [-0.15, -0.1) is 0 Å². The van der Waals surface area contributed by atoms with Crippen LogP contribution in [0.15, 0.2) is 35.1 Å². The Bertz CT molecular complexity index is 505. The fourth-order valence-corrected chi connectivity index (χ4v) is 2.35. The van der Waals surface area contributed by atoms with Crippen LogP contribution in [0.4, 0.5) is 0 Å². The molecule has 3 nitrogen and oxygen atoms in total. The predicted octanol–water partition coefficient (Wildman–Crippen LogP) is 3.00. The summed E-state index contributed by atoms with van der Waals surface area (Å²) in [6.45, 7) is 3.71. The number of halogens is 1. The van der Waals surface area contributed by atoms with Gasteiger partial charge >= 0.3 is 0 Å². The average Bonchev–Trinajstić information content (AvgIpc) is 2.63. The molecule has 1 aromatic carbocycles. The van der Waals surface area contributed by atoms with Crippen LogP contribution in [0.2, 0.25) is 0 Å². The molecule has 0 saturated heterocycles. The van der Waals surface area contributed by atoms with Crippen molar-refractivity contribution in [1.82, 2.24) is 9.55 Å². The van der Waals surface area contributed by atoms with Crippen LogP contribution in [-0.2, 0) is 0 Å². The molecule has 84 valence electrons. The molecule has 0 bridgehead atoms. The quantitative estimate of drug-likeness (QED) is 0.919. The maximum absolute atomic E-state index is 9.53. The van der Waals surface area contributed by atoms with E-state index in [1.54, 1.807) is 13.1 Å². The van der Waals surface area contributed by atoms with Crippen LogP contribution in [0.3, 0.4) is 0 Å². The summed E-state index contributed by atoms with van der Waals surface area (Å²) in [5.74, 6) is 0.941. The Kier molecular flexibility index (Phi) is 3.12. The molecule has 1 aromatic heterocycles. The molecule has 0 fully saturated rings. The first-order valence-electron chi connectivity index (χ1n) is 5.07. The van der Waals surface area contributed by atoms with Crippen molar-refractivity contribution in [2.45, 2.75) is 20.0 Å². The largest absolute Gasteiger partial charge is 0.389 e. The Balaban J connectivity index is 2.46. The minimum atomic E-state index is -0.465. The number of aromatic nitrogens is 2. The van der Waals surface area contributed by atoms with Gasteiger partial charge in [0.25, 0.3) is 0 Å². The van der Waals surface area contributed by atoms with Crippen molar-refractivity contribution < 1.29 is 5.11 Å². The maximum atomic E-state index is 9.53. The van der Waals surface area contributed by atoms with Crippen LogP contribution >= 0.6 is 15.9 Å². The third-order valence-electron chi connectivity index (χ3n) is 2.54. The lowest BCUT2D eigenvalue weighted by atomic mass is 10.1. The van der Waals surface area contributed by atoms with Crippen molar-refractivity contribution in [2.24, 2.45) is 0 Å². The van der Waals surface area contributed by atoms with Crippen LogP contribution < -0.4 is 0 Å². The van der Waals surface area contributed by atoms with Crippen molar-refractivity contribution in [3.8, 4) is 5.69 Å². The number of hydrogen-bond donors (Lipinski definition) is 1. The molecule has 0 amide bonds. The number of aliphatic hydroxyl groups excluding tert-OH is 1. The second kappa shape index (κ2) is 4.39. The molecule has 0 unspecified atom stereocenters. The number of aryl methyl sites for hydroxylation is 1. The molecule has 0 aliphatic carbocycles. The molecular weight excluding hydrogens is 268 g/mol. The van der Waals surface area contributed by atoms with Gasteiger partial charge in [0.2, 0.25) is 0 Å². The fourth-order valence-electron chi connectivity index (χ4n) is 1.66. The molecule has 0 aliphatic rings. The number of aliphatic hydroxyl groups is 1. The van der Waals surface area contributed by atoms with Gasteiger partial charge in [-0.25, -0.2) is 4.98 Å². The highest BCUT2D eigenvalue weighted by atomic mass is 79.9. The first-order valence-corrected chi connectivity index (χ1v) is 5.86. The number of benzene rings is 1. The number of hydrogen-bond acceptors (Lipinski definition) is 2. The van der Waals surface area contributed by atoms with Crippen LogP contribution in [0, 0.1) is 6.92 Å². The summed E-state index contributed by atoms with van der Waals surface area (Å²) in [6, 6.07) is 5.88. The summed E-state index contributed by atoms with van der Waals surface area (Å²) in [5.41, 5.74) is 1.92. The minimum Gasteiger partial charge on any atom is -0.389 e. The number of imidazole rings is 1. The Labute approximate surface area is 103 Å². The molecule has 1 N–H and O–H groups in total. The summed E-state index contributed by atoms with van der Waals surface area (Å²) in [5, 5.41) is 9.53. The topological polar surface area (TPSA) is 38.0 Å². The van der Waals surface area contributed by atoms with E-state index in [1.165, 1.54) is 0 Å². The molecule has 1 heterocycles. The molecule has 0 aliphatic heterocycles. The van der Waals surface area contributed by atoms with Crippen LogP contribution in [0.25, 0.3) is 5.69 Å². The zero-order chi connectivity index (χ0) is 11.7. The number of nitrogens with zero attached hydrogens (tertiary/aromatic N) is 2. The maximum Gasteiger partial charge on any atom is 0.110 e. The van der Waals surface area contributed by atoms with Gasteiger partial charge in [-0.2, -0.15) is 0 Å². The molecule has 1 atom stereocenters. The van der Waals surface area contributed by atoms with Gasteiger partial charge in [0.1, 0.15) is 5.82 Å². The van der Waals surface area contributed by atoms with Crippen molar-refractivity contribution in [3.05, 3.63) is 46.5 Å². The van der Waals surface area contributed by atoms with Crippen LogP contribution in [0.5, 0.6) is 0 Å². The highest BCUT2D eigenvalue weighted by molar-refractivity contribution is 9.10. The monoisotopic (exact) mass is 280 g/mol.